The third-order valence-corrected chi connectivity index (χ3v) is 5.08. The number of carbonyl (C=O) groups excluding carboxylic acids is 1. The number of fused-ring (bicyclic) bond motifs is 2. The largest absolute Gasteiger partial charge is 0.439 e. The minimum Gasteiger partial charge on any atom is -0.439 e. The SMILES string of the molecule is CC(C)(C)Nc1oc2c(c1-c1ccccc1)C(=O)c1cccc3cccc-2c13. The third-order valence-electron chi connectivity index (χ3n) is 5.08. The van der Waals surface area contributed by atoms with Crippen molar-refractivity contribution in [2.45, 2.75) is 26.3 Å². The Hall–Kier alpha value is -3.33. The number of anilines is 1. The summed E-state index contributed by atoms with van der Waals surface area (Å²) in [4.78, 5) is 13.6. The van der Waals surface area contributed by atoms with E-state index >= 15 is 0 Å². The Bertz CT molecular complexity index is 1220. The van der Waals surface area contributed by atoms with E-state index < -0.39 is 0 Å². The molecular formula is C25H21NO2. The van der Waals surface area contributed by atoms with E-state index in [2.05, 4.69) is 26.1 Å². The van der Waals surface area contributed by atoms with Crippen LogP contribution in [0.15, 0.2) is 71.1 Å². The number of furan rings is 1. The summed E-state index contributed by atoms with van der Waals surface area (Å²) in [5.41, 5.74) is 3.96. The summed E-state index contributed by atoms with van der Waals surface area (Å²) < 4.78 is 6.35. The van der Waals surface area contributed by atoms with Gasteiger partial charge in [0.25, 0.3) is 0 Å². The molecule has 0 bridgehead atoms. The second-order valence-corrected chi connectivity index (χ2v) is 8.29. The fourth-order valence-corrected chi connectivity index (χ4v) is 4.00. The molecule has 3 aromatic carbocycles. The summed E-state index contributed by atoms with van der Waals surface area (Å²) in [7, 11) is 0. The topological polar surface area (TPSA) is 42.2 Å². The van der Waals surface area contributed by atoms with Crippen LogP contribution in [0.25, 0.3) is 33.2 Å². The van der Waals surface area contributed by atoms with Gasteiger partial charge in [0.05, 0.1) is 11.1 Å². The highest BCUT2D eigenvalue weighted by molar-refractivity contribution is 6.28. The number of benzene rings is 3. The molecule has 0 amide bonds. The number of rotatable bonds is 2. The minimum atomic E-state index is -0.202. The smallest absolute Gasteiger partial charge is 0.202 e. The van der Waals surface area contributed by atoms with Crippen molar-refractivity contribution in [3.63, 3.8) is 0 Å². The summed E-state index contributed by atoms with van der Waals surface area (Å²) in [6.07, 6.45) is 0. The molecule has 3 nitrogen and oxygen atoms in total. The van der Waals surface area contributed by atoms with Crippen LogP contribution >= 0.6 is 0 Å². The monoisotopic (exact) mass is 367 g/mol. The van der Waals surface area contributed by atoms with Gasteiger partial charge in [-0.15, -0.1) is 0 Å². The van der Waals surface area contributed by atoms with Crippen LogP contribution in [0.4, 0.5) is 5.88 Å². The Balaban J connectivity index is 1.87. The van der Waals surface area contributed by atoms with Crippen molar-refractivity contribution >= 4 is 22.4 Å². The fraction of sp³-hybridized carbons (Fsp3) is 0.160. The molecule has 0 saturated heterocycles. The number of nitrogens with one attached hydrogen (secondary N) is 1. The van der Waals surface area contributed by atoms with Crippen molar-refractivity contribution in [3.8, 4) is 22.5 Å². The Morgan fingerprint density at radius 3 is 2.14 bits per heavy atom. The van der Waals surface area contributed by atoms with Crippen LogP contribution in [0.5, 0.6) is 0 Å². The first-order valence-corrected chi connectivity index (χ1v) is 9.51. The summed E-state index contributed by atoms with van der Waals surface area (Å²) >= 11 is 0. The Labute approximate surface area is 164 Å². The molecule has 0 spiro atoms. The zero-order chi connectivity index (χ0) is 19.5. The second kappa shape index (κ2) is 5.83. The zero-order valence-electron chi connectivity index (χ0n) is 16.2. The van der Waals surface area contributed by atoms with Gasteiger partial charge in [-0.1, -0.05) is 66.7 Å². The van der Waals surface area contributed by atoms with Crippen molar-refractivity contribution in [1.82, 2.24) is 0 Å². The maximum absolute atomic E-state index is 13.6. The van der Waals surface area contributed by atoms with Crippen LogP contribution in [0.1, 0.15) is 36.7 Å². The minimum absolute atomic E-state index is 0.0175. The highest BCUT2D eigenvalue weighted by atomic mass is 16.4. The molecule has 0 saturated carbocycles. The van der Waals surface area contributed by atoms with Crippen LogP contribution in [-0.4, -0.2) is 11.3 Å². The van der Waals surface area contributed by atoms with Gasteiger partial charge in [0.1, 0.15) is 5.76 Å². The molecule has 1 heterocycles. The van der Waals surface area contributed by atoms with E-state index in [0.717, 1.165) is 33.0 Å². The lowest BCUT2D eigenvalue weighted by atomic mass is 9.84. The quantitative estimate of drug-likeness (QED) is 0.386. The maximum Gasteiger partial charge on any atom is 0.202 e. The molecule has 0 radical (unpaired) electrons. The van der Waals surface area contributed by atoms with E-state index in [1.54, 1.807) is 0 Å². The summed E-state index contributed by atoms with van der Waals surface area (Å²) in [5.74, 6) is 1.31. The molecule has 3 heteroatoms. The van der Waals surface area contributed by atoms with Gasteiger partial charge in [-0.05, 0) is 31.7 Å². The van der Waals surface area contributed by atoms with Gasteiger partial charge in [0, 0.05) is 22.1 Å². The molecule has 4 aromatic rings. The average Bonchev–Trinajstić information content (AvgIpc) is 3.04. The van der Waals surface area contributed by atoms with Gasteiger partial charge >= 0.3 is 0 Å². The maximum atomic E-state index is 13.6. The number of carbonyl (C=O) groups is 1. The Morgan fingerprint density at radius 2 is 1.46 bits per heavy atom. The summed E-state index contributed by atoms with van der Waals surface area (Å²) in [6.45, 7) is 6.25. The first kappa shape index (κ1) is 16.8. The normalized spacial score (nSPS) is 12.9. The van der Waals surface area contributed by atoms with E-state index in [1.807, 2.05) is 66.7 Å². The van der Waals surface area contributed by atoms with Gasteiger partial charge in [0.15, 0.2) is 5.78 Å². The molecule has 0 fully saturated rings. The Morgan fingerprint density at radius 1 is 0.786 bits per heavy atom. The van der Waals surface area contributed by atoms with E-state index in [-0.39, 0.29) is 11.3 Å². The van der Waals surface area contributed by atoms with Crippen LogP contribution in [0.3, 0.4) is 0 Å². The lowest BCUT2D eigenvalue weighted by Gasteiger charge is -2.21. The van der Waals surface area contributed by atoms with Crippen molar-refractivity contribution < 1.29 is 9.21 Å². The highest BCUT2D eigenvalue weighted by Gasteiger charge is 2.34. The zero-order valence-corrected chi connectivity index (χ0v) is 16.2. The van der Waals surface area contributed by atoms with E-state index in [9.17, 15) is 4.79 Å². The molecule has 5 rings (SSSR count). The van der Waals surface area contributed by atoms with Gasteiger partial charge in [-0.25, -0.2) is 0 Å². The predicted molar refractivity (Wildman–Crippen MR) is 114 cm³/mol. The molecule has 0 aliphatic heterocycles. The van der Waals surface area contributed by atoms with Crippen LogP contribution < -0.4 is 5.32 Å². The lowest BCUT2D eigenvalue weighted by Crippen LogP contribution is -2.26. The first-order chi connectivity index (χ1) is 13.4. The van der Waals surface area contributed by atoms with Crippen LogP contribution in [-0.2, 0) is 0 Å². The van der Waals surface area contributed by atoms with Gasteiger partial charge in [-0.2, -0.15) is 0 Å². The summed E-state index contributed by atoms with van der Waals surface area (Å²) in [6, 6.07) is 22.0. The number of hydrogen-bond acceptors (Lipinski definition) is 3. The summed E-state index contributed by atoms with van der Waals surface area (Å²) in [5, 5.41) is 5.49. The molecule has 1 aliphatic carbocycles. The average molecular weight is 367 g/mol. The highest BCUT2D eigenvalue weighted by Crippen LogP contribution is 2.48. The van der Waals surface area contributed by atoms with Crippen molar-refractivity contribution in [2.75, 3.05) is 5.32 Å². The van der Waals surface area contributed by atoms with Crippen molar-refractivity contribution in [3.05, 3.63) is 77.9 Å². The third kappa shape index (κ3) is 2.47. The molecule has 28 heavy (non-hydrogen) atoms. The fourth-order valence-electron chi connectivity index (χ4n) is 4.00. The first-order valence-electron chi connectivity index (χ1n) is 9.51. The lowest BCUT2D eigenvalue weighted by molar-refractivity contribution is 0.104. The van der Waals surface area contributed by atoms with Gasteiger partial charge < -0.3 is 9.73 Å². The number of ketones is 1. The number of hydrogen-bond donors (Lipinski definition) is 1. The van der Waals surface area contributed by atoms with Gasteiger partial charge in [-0.3, -0.25) is 4.79 Å². The molecule has 1 aliphatic rings. The standard InChI is InChI=1S/C25H21NO2/c1-25(2,3)26-24-20(16-9-5-4-6-10-16)21-22(27)17-13-7-11-15-12-8-14-18(19(15)17)23(21)28-24/h4-14,26H,1-3H3. The molecule has 0 unspecified atom stereocenters. The molecule has 1 aromatic heterocycles. The van der Waals surface area contributed by atoms with E-state index in [1.165, 1.54) is 0 Å². The van der Waals surface area contributed by atoms with Gasteiger partial charge in [0.2, 0.25) is 5.88 Å². The second-order valence-electron chi connectivity index (χ2n) is 8.29. The van der Waals surface area contributed by atoms with Crippen molar-refractivity contribution in [2.24, 2.45) is 0 Å². The molecule has 0 atom stereocenters. The molecular weight excluding hydrogens is 346 g/mol. The van der Waals surface area contributed by atoms with Crippen LogP contribution in [0, 0.1) is 0 Å². The van der Waals surface area contributed by atoms with Crippen molar-refractivity contribution in [1.29, 1.82) is 0 Å². The predicted octanol–water partition coefficient (Wildman–Crippen LogP) is 6.52. The van der Waals surface area contributed by atoms with E-state index in [4.69, 9.17) is 4.42 Å². The molecule has 1 N–H and O–H groups in total. The Kier molecular flexibility index (Phi) is 3.50. The molecule has 138 valence electrons. The van der Waals surface area contributed by atoms with E-state index in [0.29, 0.717) is 17.2 Å². The van der Waals surface area contributed by atoms with Crippen LogP contribution in [0.2, 0.25) is 0 Å².